The minimum atomic E-state index is -0.486. The second kappa shape index (κ2) is 5.46. The summed E-state index contributed by atoms with van der Waals surface area (Å²) in [7, 11) is 0. The van der Waals surface area contributed by atoms with Crippen LogP contribution in [0.1, 0.15) is 10.4 Å². The van der Waals surface area contributed by atoms with E-state index in [2.05, 4.69) is 20.5 Å². The Morgan fingerprint density at radius 2 is 1.86 bits per heavy atom. The lowest BCUT2D eigenvalue weighted by Gasteiger charge is -2.04. The van der Waals surface area contributed by atoms with Gasteiger partial charge in [0.2, 0.25) is 0 Å². The average molecular weight is 280 g/mol. The lowest BCUT2D eigenvalue weighted by atomic mass is 10.1. The van der Waals surface area contributed by atoms with E-state index in [9.17, 15) is 9.59 Å². The van der Waals surface area contributed by atoms with Gasteiger partial charge in [0.1, 0.15) is 11.4 Å². The molecule has 0 spiro atoms. The summed E-state index contributed by atoms with van der Waals surface area (Å²) in [6, 6.07) is 14.2. The van der Waals surface area contributed by atoms with Gasteiger partial charge in [-0.3, -0.25) is 14.7 Å². The number of hydrogen-bond donors (Lipinski definition) is 3. The fourth-order valence-corrected chi connectivity index (χ4v) is 1.95. The Morgan fingerprint density at radius 3 is 2.52 bits per heavy atom. The lowest BCUT2D eigenvalue weighted by molar-refractivity contribution is 0.102. The zero-order chi connectivity index (χ0) is 14.7. The van der Waals surface area contributed by atoms with Crippen molar-refractivity contribution in [2.45, 2.75) is 0 Å². The van der Waals surface area contributed by atoms with Gasteiger partial charge >= 0.3 is 0 Å². The molecular weight excluding hydrogens is 268 g/mol. The van der Waals surface area contributed by atoms with Crippen LogP contribution in [-0.2, 0) is 0 Å². The maximum atomic E-state index is 12.0. The van der Waals surface area contributed by atoms with Crippen molar-refractivity contribution in [2.75, 3.05) is 5.32 Å². The van der Waals surface area contributed by atoms with Crippen LogP contribution in [0.15, 0.2) is 59.5 Å². The standard InChI is InChI=1S/C15H12N4O2/c20-14-11(15(21)18-13-8-9-16-19-13)6-7-12(17-14)10-4-2-1-3-5-10/h1-9H,(H,17,20)(H2,16,18,19,21). The molecule has 6 nitrogen and oxygen atoms in total. The molecule has 2 heterocycles. The van der Waals surface area contributed by atoms with Crippen LogP contribution in [0.3, 0.4) is 0 Å². The summed E-state index contributed by atoms with van der Waals surface area (Å²) < 4.78 is 0. The Hall–Kier alpha value is -3.15. The molecule has 6 heteroatoms. The fourth-order valence-electron chi connectivity index (χ4n) is 1.95. The Balaban J connectivity index is 1.88. The molecular formula is C15H12N4O2. The van der Waals surface area contributed by atoms with Gasteiger partial charge < -0.3 is 10.3 Å². The van der Waals surface area contributed by atoms with E-state index in [-0.39, 0.29) is 5.56 Å². The van der Waals surface area contributed by atoms with Crippen LogP contribution in [-0.4, -0.2) is 21.1 Å². The Labute approximate surface area is 119 Å². The molecule has 0 saturated heterocycles. The summed E-state index contributed by atoms with van der Waals surface area (Å²) in [6.07, 6.45) is 1.51. The number of aromatic amines is 2. The van der Waals surface area contributed by atoms with Crippen molar-refractivity contribution >= 4 is 11.7 Å². The van der Waals surface area contributed by atoms with Crippen LogP contribution in [0.5, 0.6) is 0 Å². The van der Waals surface area contributed by atoms with Gasteiger partial charge in [-0.05, 0) is 17.7 Å². The van der Waals surface area contributed by atoms with Crippen molar-refractivity contribution in [3.8, 4) is 11.3 Å². The molecule has 104 valence electrons. The van der Waals surface area contributed by atoms with Gasteiger partial charge in [0.15, 0.2) is 0 Å². The first-order valence-corrected chi connectivity index (χ1v) is 6.33. The summed E-state index contributed by atoms with van der Waals surface area (Å²) in [4.78, 5) is 26.8. The summed E-state index contributed by atoms with van der Waals surface area (Å²) in [5.41, 5.74) is 1.16. The second-order valence-corrected chi connectivity index (χ2v) is 4.41. The van der Waals surface area contributed by atoms with Crippen molar-refractivity contribution in [1.82, 2.24) is 15.2 Å². The molecule has 1 amide bonds. The molecule has 3 aromatic rings. The fraction of sp³-hybridized carbons (Fsp3) is 0. The third kappa shape index (κ3) is 2.74. The molecule has 21 heavy (non-hydrogen) atoms. The number of carbonyl (C=O) groups is 1. The minimum absolute atomic E-state index is 0.0456. The Morgan fingerprint density at radius 1 is 1.05 bits per heavy atom. The third-order valence-corrected chi connectivity index (χ3v) is 2.99. The number of rotatable bonds is 3. The Bertz CT molecular complexity index is 807. The van der Waals surface area contributed by atoms with E-state index in [0.29, 0.717) is 11.5 Å². The lowest BCUT2D eigenvalue weighted by Crippen LogP contribution is -2.23. The number of benzene rings is 1. The molecule has 3 N–H and O–H groups in total. The van der Waals surface area contributed by atoms with Crippen LogP contribution in [0.25, 0.3) is 11.3 Å². The maximum Gasteiger partial charge on any atom is 0.262 e. The number of nitrogens with zero attached hydrogens (tertiary/aromatic N) is 1. The minimum Gasteiger partial charge on any atom is -0.321 e. The van der Waals surface area contributed by atoms with Crippen molar-refractivity contribution in [2.24, 2.45) is 0 Å². The van der Waals surface area contributed by atoms with Gasteiger partial charge in [0.05, 0.1) is 6.20 Å². The Kier molecular flexibility index (Phi) is 3.34. The number of amides is 1. The number of nitrogens with one attached hydrogen (secondary N) is 3. The van der Waals surface area contributed by atoms with Crippen LogP contribution >= 0.6 is 0 Å². The molecule has 0 atom stereocenters. The predicted molar refractivity (Wildman–Crippen MR) is 79.0 cm³/mol. The molecule has 0 bridgehead atoms. The number of hydrogen-bond acceptors (Lipinski definition) is 3. The van der Waals surface area contributed by atoms with Crippen LogP contribution in [0.2, 0.25) is 0 Å². The van der Waals surface area contributed by atoms with E-state index >= 15 is 0 Å². The van der Waals surface area contributed by atoms with Gasteiger partial charge in [-0.1, -0.05) is 30.3 Å². The van der Waals surface area contributed by atoms with Crippen LogP contribution in [0, 0.1) is 0 Å². The molecule has 1 aromatic carbocycles. The van der Waals surface area contributed by atoms with Crippen molar-refractivity contribution < 1.29 is 4.79 Å². The zero-order valence-corrected chi connectivity index (χ0v) is 11.0. The van der Waals surface area contributed by atoms with Crippen LogP contribution < -0.4 is 10.9 Å². The van der Waals surface area contributed by atoms with Crippen LogP contribution in [0.4, 0.5) is 5.82 Å². The number of H-pyrrole nitrogens is 2. The molecule has 3 rings (SSSR count). The zero-order valence-electron chi connectivity index (χ0n) is 11.0. The first kappa shape index (κ1) is 12.9. The number of pyridine rings is 1. The summed E-state index contributed by atoms with van der Waals surface area (Å²) in [5.74, 6) is -0.0494. The number of anilines is 1. The normalized spacial score (nSPS) is 10.3. The first-order valence-electron chi connectivity index (χ1n) is 6.33. The summed E-state index contributed by atoms with van der Waals surface area (Å²) in [5, 5.41) is 8.88. The molecule has 0 saturated carbocycles. The van der Waals surface area contributed by atoms with E-state index in [4.69, 9.17) is 0 Å². The molecule has 0 aliphatic rings. The molecule has 0 fully saturated rings. The van der Waals surface area contributed by atoms with E-state index < -0.39 is 11.5 Å². The van der Waals surface area contributed by atoms with Gasteiger partial charge in [0.25, 0.3) is 11.5 Å². The van der Waals surface area contributed by atoms with Gasteiger partial charge in [-0.25, -0.2) is 0 Å². The van der Waals surface area contributed by atoms with Gasteiger partial charge in [-0.2, -0.15) is 5.10 Å². The van der Waals surface area contributed by atoms with E-state index in [0.717, 1.165) is 5.56 Å². The van der Waals surface area contributed by atoms with Crippen molar-refractivity contribution in [3.63, 3.8) is 0 Å². The highest BCUT2D eigenvalue weighted by molar-refractivity contribution is 6.03. The molecule has 0 radical (unpaired) electrons. The summed E-state index contributed by atoms with van der Waals surface area (Å²) >= 11 is 0. The largest absolute Gasteiger partial charge is 0.321 e. The average Bonchev–Trinajstić information content (AvgIpc) is 3.01. The van der Waals surface area contributed by atoms with E-state index in [1.807, 2.05) is 30.3 Å². The third-order valence-electron chi connectivity index (χ3n) is 2.99. The van der Waals surface area contributed by atoms with Crippen molar-refractivity contribution in [3.05, 3.63) is 70.6 Å². The molecule has 0 aliphatic heterocycles. The molecule has 0 unspecified atom stereocenters. The quantitative estimate of drug-likeness (QED) is 0.685. The molecule has 2 aromatic heterocycles. The number of carbonyl (C=O) groups excluding carboxylic acids is 1. The number of aromatic nitrogens is 3. The highest BCUT2D eigenvalue weighted by Crippen LogP contribution is 2.14. The highest BCUT2D eigenvalue weighted by Gasteiger charge is 2.12. The maximum absolute atomic E-state index is 12.0. The smallest absolute Gasteiger partial charge is 0.262 e. The summed E-state index contributed by atoms with van der Waals surface area (Å²) in [6.45, 7) is 0. The predicted octanol–water partition coefficient (Wildman–Crippen LogP) is 2.02. The topological polar surface area (TPSA) is 90.6 Å². The van der Waals surface area contributed by atoms with E-state index in [1.54, 1.807) is 12.1 Å². The highest BCUT2D eigenvalue weighted by atomic mass is 16.2. The SMILES string of the molecule is O=C(Nc1ccn[nH]1)c1ccc(-c2ccccc2)[nH]c1=O. The van der Waals surface area contributed by atoms with Crippen molar-refractivity contribution in [1.29, 1.82) is 0 Å². The monoisotopic (exact) mass is 280 g/mol. The van der Waals surface area contributed by atoms with E-state index in [1.165, 1.54) is 12.3 Å². The second-order valence-electron chi connectivity index (χ2n) is 4.41. The van der Waals surface area contributed by atoms with Gasteiger partial charge in [0, 0.05) is 11.8 Å². The molecule has 0 aliphatic carbocycles. The first-order chi connectivity index (χ1) is 10.2. The van der Waals surface area contributed by atoms with Gasteiger partial charge in [-0.15, -0.1) is 0 Å².